The first-order chi connectivity index (χ1) is 12.5. The molecule has 2 aliphatic rings. The summed E-state index contributed by atoms with van der Waals surface area (Å²) in [6.07, 6.45) is 1.72. The van der Waals surface area contributed by atoms with Crippen LogP contribution >= 0.6 is 11.8 Å². The third kappa shape index (κ3) is 3.16. The van der Waals surface area contributed by atoms with Crippen LogP contribution < -0.4 is 10.9 Å². The maximum atomic E-state index is 14.1. The molecule has 1 atom stereocenters. The number of carbonyl (C=O) groups is 1. The Hall–Kier alpha value is -2.13. The van der Waals surface area contributed by atoms with E-state index in [9.17, 15) is 14.0 Å². The van der Waals surface area contributed by atoms with Gasteiger partial charge in [-0.25, -0.2) is 9.18 Å². The van der Waals surface area contributed by atoms with Crippen molar-refractivity contribution in [2.24, 2.45) is 0 Å². The van der Waals surface area contributed by atoms with Crippen LogP contribution in [0.1, 0.15) is 18.9 Å². The molecule has 138 valence electrons. The number of carboxylic acid groups (broad SMARTS) is 1. The van der Waals surface area contributed by atoms with Crippen LogP contribution in [-0.2, 0) is 0 Å². The summed E-state index contributed by atoms with van der Waals surface area (Å²) >= 11 is 1.43. The van der Waals surface area contributed by atoms with Crippen LogP contribution in [0, 0.1) is 5.82 Å². The van der Waals surface area contributed by atoms with E-state index >= 15 is 0 Å². The van der Waals surface area contributed by atoms with Gasteiger partial charge in [-0.1, -0.05) is 0 Å². The van der Waals surface area contributed by atoms with Crippen LogP contribution in [-0.4, -0.2) is 57.1 Å². The van der Waals surface area contributed by atoms with Gasteiger partial charge in [0.05, 0.1) is 28.2 Å². The molecule has 4 heterocycles. The summed E-state index contributed by atoms with van der Waals surface area (Å²) in [5, 5.41) is 11.4. The predicted octanol–water partition coefficient (Wildman–Crippen LogP) is 1.91. The first-order valence-corrected chi connectivity index (χ1v) is 9.56. The minimum atomic E-state index is -0.989. The Morgan fingerprint density at radius 2 is 2.15 bits per heavy atom. The highest BCUT2D eigenvalue weighted by molar-refractivity contribution is 7.99. The lowest BCUT2D eigenvalue weighted by Gasteiger charge is -2.36. The standard InChI is InChI=1S/C17H19FN4O3S/c18-12-7-19-13-1-2-14(23)22-11(9-26-16(12)15(13)22)8-21-5-3-10(4-6-21)20-17(24)25/h1-2,7,10-11,20H,3-6,8-9H2,(H,24,25)/t11-/m1/s1. The lowest BCUT2D eigenvalue weighted by molar-refractivity contribution is 0.160. The van der Waals surface area contributed by atoms with Crippen LogP contribution in [0.2, 0.25) is 0 Å². The zero-order valence-corrected chi connectivity index (χ0v) is 14.8. The predicted molar refractivity (Wildman–Crippen MR) is 96.3 cm³/mol. The number of amides is 1. The van der Waals surface area contributed by atoms with E-state index in [4.69, 9.17) is 5.11 Å². The number of halogens is 1. The molecular weight excluding hydrogens is 359 g/mol. The van der Waals surface area contributed by atoms with Gasteiger partial charge in [-0.05, 0) is 18.9 Å². The molecule has 1 fully saturated rings. The molecule has 0 bridgehead atoms. The zero-order chi connectivity index (χ0) is 18.3. The summed E-state index contributed by atoms with van der Waals surface area (Å²) in [6, 6.07) is 3.05. The molecule has 4 rings (SSSR count). The first-order valence-electron chi connectivity index (χ1n) is 8.57. The highest BCUT2D eigenvalue weighted by atomic mass is 32.2. The highest BCUT2D eigenvalue weighted by Crippen LogP contribution is 2.37. The zero-order valence-electron chi connectivity index (χ0n) is 14.0. The third-order valence-electron chi connectivity index (χ3n) is 5.02. The Bertz CT molecular complexity index is 911. The van der Waals surface area contributed by atoms with Crippen molar-refractivity contribution in [2.45, 2.75) is 29.8 Å². The maximum absolute atomic E-state index is 14.1. The minimum absolute atomic E-state index is 0.0188. The number of likely N-dealkylation sites (tertiary alicyclic amines) is 1. The topological polar surface area (TPSA) is 87.5 Å². The van der Waals surface area contributed by atoms with Gasteiger partial charge in [-0.2, -0.15) is 0 Å². The molecular formula is C17H19FN4O3S. The highest BCUT2D eigenvalue weighted by Gasteiger charge is 2.29. The Morgan fingerprint density at radius 1 is 1.38 bits per heavy atom. The van der Waals surface area contributed by atoms with E-state index in [2.05, 4.69) is 15.2 Å². The largest absolute Gasteiger partial charge is 0.465 e. The van der Waals surface area contributed by atoms with Crippen molar-refractivity contribution >= 4 is 28.9 Å². The smallest absolute Gasteiger partial charge is 0.404 e. The first kappa shape index (κ1) is 17.3. The molecule has 0 aliphatic carbocycles. The van der Waals surface area contributed by atoms with Crippen molar-refractivity contribution in [3.63, 3.8) is 0 Å². The summed E-state index contributed by atoms with van der Waals surface area (Å²) in [5.74, 6) is 0.237. The van der Waals surface area contributed by atoms with Crippen molar-refractivity contribution in [2.75, 3.05) is 25.4 Å². The minimum Gasteiger partial charge on any atom is -0.465 e. The molecule has 1 saturated heterocycles. The van der Waals surface area contributed by atoms with Gasteiger partial charge in [-0.3, -0.25) is 9.78 Å². The van der Waals surface area contributed by atoms with E-state index in [1.165, 1.54) is 24.0 Å². The van der Waals surface area contributed by atoms with Gasteiger partial charge in [0.2, 0.25) is 0 Å². The average molecular weight is 378 g/mol. The second-order valence-corrected chi connectivity index (χ2v) is 7.73. The third-order valence-corrected chi connectivity index (χ3v) is 6.25. The number of pyridine rings is 2. The van der Waals surface area contributed by atoms with Gasteiger partial charge < -0.3 is 19.9 Å². The summed E-state index contributed by atoms with van der Waals surface area (Å²) in [4.78, 5) is 30.1. The van der Waals surface area contributed by atoms with Crippen LogP contribution in [0.25, 0.3) is 11.0 Å². The lowest BCUT2D eigenvalue weighted by Crippen LogP contribution is -2.46. The van der Waals surface area contributed by atoms with Crippen molar-refractivity contribution in [1.29, 1.82) is 0 Å². The van der Waals surface area contributed by atoms with Crippen molar-refractivity contribution < 1.29 is 14.3 Å². The fourth-order valence-corrected chi connectivity index (χ4v) is 4.94. The van der Waals surface area contributed by atoms with Gasteiger partial charge in [-0.15, -0.1) is 11.8 Å². The van der Waals surface area contributed by atoms with Crippen LogP contribution in [0.4, 0.5) is 9.18 Å². The Balaban J connectivity index is 1.56. The van der Waals surface area contributed by atoms with Crippen molar-refractivity contribution in [3.05, 3.63) is 34.5 Å². The second kappa shape index (κ2) is 6.88. The van der Waals surface area contributed by atoms with Gasteiger partial charge in [0.1, 0.15) is 0 Å². The molecule has 9 heteroatoms. The Kier molecular flexibility index (Phi) is 4.58. The molecule has 2 aliphatic heterocycles. The molecule has 26 heavy (non-hydrogen) atoms. The fraction of sp³-hybridized carbons (Fsp3) is 0.471. The number of hydrogen-bond acceptors (Lipinski definition) is 5. The van der Waals surface area contributed by atoms with Gasteiger partial charge in [0, 0.05) is 37.5 Å². The molecule has 0 aromatic carbocycles. The van der Waals surface area contributed by atoms with Crippen LogP contribution in [0.5, 0.6) is 0 Å². The van der Waals surface area contributed by atoms with Gasteiger partial charge in [0.15, 0.2) is 5.82 Å². The number of hydrogen-bond donors (Lipinski definition) is 2. The van der Waals surface area contributed by atoms with E-state index in [-0.39, 0.29) is 23.5 Å². The molecule has 0 radical (unpaired) electrons. The molecule has 1 amide bonds. The number of thioether (sulfide) groups is 1. The van der Waals surface area contributed by atoms with Gasteiger partial charge >= 0.3 is 6.09 Å². The maximum Gasteiger partial charge on any atom is 0.404 e. The lowest BCUT2D eigenvalue weighted by atomic mass is 10.0. The van der Waals surface area contributed by atoms with E-state index in [0.29, 0.717) is 28.2 Å². The number of rotatable bonds is 3. The molecule has 0 saturated carbocycles. The molecule has 0 spiro atoms. The Labute approximate surface area is 153 Å². The van der Waals surface area contributed by atoms with Crippen molar-refractivity contribution in [1.82, 2.24) is 19.8 Å². The monoisotopic (exact) mass is 378 g/mol. The molecule has 2 aromatic heterocycles. The Morgan fingerprint density at radius 3 is 2.88 bits per heavy atom. The summed E-state index contributed by atoms with van der Waals surface area (Å²) in [7, 11) is 0. The summed E-state index contributed by atoms with van der Waals surface area (Å²) in [5.41, 5.74) is 1.07. The van der Waals surface area contributed by atoms with Crippen molar-refractivity contribution in [3.8, 4) is 0 Å². The molecule has 2 N–H and O–H groups in total. The average Bonchev–Trinajstić information content (AvgIpc) is 2.62. The normalized spacial score (nSPS) is 21.0. The van der Waals surface area contributed by atoms with Crippen LogP contribution in [0.15, 0.2) is 28.0 Å². The van der Waals surface area contributed by atoms with Gasteiger partial charge in [0.25, 0.3) is 5.56 Å². The summed E-state index contributed by atoms with van der Waals surface area (Å²) in [6.45, 7) is 2.22. The van der Waals surface area contributed by atoms with E-state index in [0.717, 1.165) is 25.9 Å². The summed E-state index contributed by atoms with van der Waals surface area (Å²) < 4.78 is 15.8. The number of aromatic nitrogens is 2. The van der Waals surface area contributed by atoms with E-state index in [1.54, 1.807) is 10.6 Å². The number of piperidine rings is 1. The van der Waals surface area contributed by atoms with E-state index in [1.807, 2.05) is 0 Å². The SMILES string of the molecule is O=C(O)NC1CCN(C[C@@H]2CSc3c(F)cnc4ccc(=O)n2c34)CC1. The second-order valence-electron chi connectivity index (χ2n) is 6.70. The molecule has 2 aromatic rings. The van der Waals surface area contributed by atoms with Crippen LogP contribution in [0.3, 0.4) is 0 Å². The molecule has 0 unspecified atom stereocenters. The van der Waals surface area contributed by atoms with E-state index < -0.39 is 6.09 Å². The number of nitrogens with zero attached hydrogens (tertiary/aromatic N) is 3. The molecule has 7 nitrogen and oxygen atoms in total. The number of nitrogens with one attached hydrogen (secondary N) is 1. The fourth-order valence-electron chi connectivity index (χ4n) is 3.79. The quantitative estimate of drug-likeness (QED) is 0.849.